The van der Waals surface area contributed by atoms with Crippen LogP contribution in [-0.4, -0.2) is 15.0 Å². The van der Waals surface area contributed by atoms with Crippen molar-refractivity contribution in [2.75, 3.05) is 0 Å². The molecule has 3 rings (SSSR count). The smallest absolute Gasteiger partial charge is 0.178 e. The van der Waals surface area contributed by atoms with E-state index in [0.29, 0.717) is 5.82 Å². The molecule has 0 saturated heterocycles. The van der Waals surface area contributed by atoms with Gasteiger partial charge >= 0.3 is 0 Å². The summed E-state index contributed by atoms with van der Waals surface area (Å²) < 4.78 is 0. The fraction of sp³-hybridized carbons (Fsp3) is 0.483. The SMILES string of the molecule is CCCCCCCCc1ccc(-c2ncc(-c3ccc(CCCCCC)cc3)cn2)nc1. The van der Waals surface area contributed by atoms with Gasteiger partial charge in [0.2, 0.25) is 0 Å². The lowest BCUT2D eigenvalue weighted by Crippen LogP contribution is -1.94. The van der Waals surface area contributed by atoms with E-state index in [0.717, 1.165) is 29.7 Å². The molecule has 0 unspecified atom stereocenters. The second-order valence-electron chi connectivity index (χ2n) is 8.87. The highest BCUT2D eigenvalue weighted by molar-refractivity contribution is 5.63. The number of nitrogens with zero attached hydrogens (tertiary/aromatic N) is 3. The first kappa shape index (κ1) is 24.1. The van der Waals surface area contributed by atoms with Gasteiger partial charge in [0.05, 0.1) is 0 Å². The normalized spacial score (nSPS) is 11.1. The Bertz CT molecular complexity index is 883. The number of benzene rings is 1. The highest BCUT2D eigenvalue weighted by atomic mass is 14.9. The molecular formula is C29H39N3. The molecule has 1 aromatic carbocycles. The Hall–Kier alpha value is -2.55. The Labute approximate surface area is 194 Å². The molecule has 0 aliphatic carbocycles. The zero-order chi connectivity index (χ0) is 22.4. The van der Waals surface area contributed by atoms with E-state index in [1.807, 2.05) is 18.6 Å². The second kappa shape index (κ2) is 13.8. The number of rotatable bonds is 14. The van der Waals surface area contributed by atoms with E-state index in [9.17, 15) is 0 Å². The van der Waals surface area contributed by atoms with Gasteiger partial charge in [0.15, 0.2) is 5.82 Å². The molecule has 0 amide bonds. The second-order valence-corrected chi connectivity index (χ2v) is 8.87. The van der Waals surface area contributed by atoms with Gasteiger partial charge in [-0.3, -0.25) is 4.98 Å². The largest absolute Gasteiger partial charge is 0.253 e. The lowest BCUT2D eigenvalue weighted by Gasteiger charge is -2.06. The summed E-state index contributed by atoms with van der Waals surface area (Å²) in [5, 5.41) is 0. The first-order valence-electron chi connectivity index (χ1n) is 12.7. The van der Waals surface area contributed by atoms with Crippen LogP contribution in [0.25, 0.3) is 22.6 Å². The van der Waals surface area contributed by atoms with Gasteiger partial charge in [0, 0.05) is 24.2 Å². The van der Waals surface area contributed by atoms with E-state index in [1.165, 1.54) is 75.3 Å². The van der Waals surface area contributed by atoms with E-state index in [-0.39, 0.29) is 0 Å². The lowest BCUT2D eigenvalue weighted by molar-refractivity contribution is 0.607. The third-order valence-electron chi connectivity index (χ3n) is 6.13. The zero-order valence-corrected chi connectivity index (χ0v) is 20.0. The highest BCUT2D eigenvalue weighted by Crippen LogP contribution is 2.21. The van der Waals surface area contributed by atoms with Crippen LogP contribution in [-0.2, 0) is 12.8 Å². The van der Waals surface area contributed by atoms with Crippen LogP contribution in [0.3, 0.4) is 0 Å². The predicted octanol–water partition coefficient (Wildman–Crippen LogP) is 8.23. The highest BCUT2D eigenvalue weighted by Gasteiger charge is 2.05. The van der Waals surface area contributed by atoms with Crippen LogP contribution < -0.4 is 0 Å². The zero-order valence-electron chi connectivity index (χ0n) is 20.0. The Kier molecular flexibility index (Phi) is 10.4. The minimum Gasteiger partial charge on any atom is -0.253 e. The number of unbranched alkanes of at least 4 members (excludes halogenated alkanes) is 8. The molecule has 0 spiro atoms. The molecule has 0 aliphatic heterocycles. The van der Waals surface area contributed by atoms with Gasteiger partial charge < -0.3 is 0 Å². The van der Waals surface area contributed by atoms with Gasteiger partial charge in [0.1, 0.15) is 5.69 Å². The molecule has 3 heteroatoms. The molecule has 0 aliphatic rings. The Morgan fingerprint density at radius 3 is 1.69 bits per heavy atom. The van der Waals surface area contributed by atoms with Gasteiger partial charge in [-0.1, -0.05) is 95.5 Å². The molecule has 0 atom stereocenters. The molecular weight excluding hydrogens is 390 g/mol. The van der Waals surface area contributed by atoms with E-state index < -0.39 is 0 Å². The van der Waals surface area contributed by atoms with Crippen molar-refractivity contribution in [3.05, 3.63) is 66.1 Å². The summed E-state index contributed by atoms with van der Waals surface area (Å²) in [6.45, 7) is 4.52. The standard InChI is InChI=1S/C29H39N3/c1-3-5-7-9-10-12-14-25-17-20-28(30-21-25)29-31-22-27(23-32-29)26-18-15-24(16-19-26)13-11-8-6-4-2/h15-23H,3-14H2,1-2H3. The van der Waals surface area contributed by atoms with Crippen LogP contribution in [0.1, 0.15) is 89.2 Å². The van der Waals surface area contributed by atoms with Crippen molar-refractivity contribution in [3.8, 4) is 22.6 Å². The van der Waals surface area contributed by atoms with Gasteiger partial charge in [-0.2, -0.15) is 0 Å². The number of hydrogen-bond acceptors (Lipinski definition) is 3. The summed E-state index contributed by atoms with van der Waals surface area (Å²) in [7, 11) is 0. The van der Waals surface area contributed by atoms with E-state index in [1.54, 1.807) is 0 Å². The maximum atomic E-state index is 4.61. The van der Waals surface area contributed by atoms with E-state index in [2.05, 4.69) is 65.2 Å². The molecule has 32 heavy (non-hydrogen) atoms. The third kappa shape index (κ3) is 7.85. The number of pyridine rings is 1. The summed E-state index contributed by atoms with van der Waals surface area (Å²) in [5.74, 6) is 0.687. The van der Waals surface area contributed by atoms with Crippen molar-refractivity contribution in [3.63, 3.8) is 0 Å². The summed E-state index contributed by atoms with van der Waals surface area (Å²) in [5.41, 5.74) is 5.76. The molecule has 0 N–H and O–H groups in total. The quantitative estimate of drug-likeness (QED) is 0.242. The minimum atomic E-state index is 0.687. The summed E-state index contributed by atoms with van der Waals surface area (Å²) >= 11 is 0. The van der Waals surface area contributed by atoms with E-state index >= 15 is 0 Å². The predicted molar refractivity (Wildman–Crippen MR) is 136 cm³/mol. The van der Waals surface area contributed by atoms with E-state index in [4.69, 9.17) is 0 Å². The van der Waals surface area contributed by atoms with Crippen molar-refractivity contribution in [2.45, 2.75) is 90.9 Å². The van der Waals surface area contributed by atoms with Crippen LogP contribution in [0, 0.1) is 0 Å². The maximum absolute atomic E-state index is 4.61. The van der Waals surface area contributed by atoms with Gasteiger partial charge in [-0.05, 0) is 48.4 Å². The average Bonchev–Trinajstić information content (AvgIpc) is 2.85. The van der Waals surface area contributed by atoms with Crippen LogP contribution in [0.15, 0.2) is 55.0 Å². The number of aryl methyl sites for hydroxylation is 2. The van der Waals surface area contributed by atoms with Crippen molar-refractivity contribution in [1.82, 2.24) is 15.0 Å². The van der Waals surface area contributed by atoms with Crippen LogP contribution in [0.5, 0.6) is 0 Å². The molecule has 0 fully saturated rings. The first-order chi connectivity index (χ1) is 15.8. The van der Waals surface area contributed by atoms with Gasteiger partial charge in [-0.25, -0.2) is 9.97 Å². The van der Waals surface area contributed by atoms with Crippen molar-refractivity contribution < 1.29 is 0 Å². The minimum absolute atomic E-state index is 0.687. The summed E-state index contributed by atoms with van der Waals surface area (Å²) in [4.78, 5) is 13.8. The fourth-order valence-electron chi connectivity index (χ4n) is 4.04. The molecule has 0 saturated carbocycles. The van der Waals surface area contributed by atoms with Crippen LogP contribution in [0.4, 0.5) is 0 Å². The average molecular weight is 430 g/mol. The molecule has 3 nitrogen and oxygen atoms in total. The monoisotopic (exact) mass is 429 g/mol. The number of aromatic nitrogens is 3. The Morgan fingerprint density at radius 2 is 1.06 bits per heavy atom. The number of hydrogen-bond donors (Lipinski definition) is 0. The van der Waals surface area contributed by atoms with Gasteiger partial charge in [0.25, 0.3) is 0 Å². The van der Waals surface area contributed by atoms with Gasteiger partial charge in [-0.15, -0.1) is 0 Å². The molecule has 2 heterocycles. The topological polar surface area (TPSA) is 38.7 Å². The molecule has 170 valence electrons. The molecule has 0 radical (unpaired) electrons. The van der Waals surface area contributed by atoms with Crippen LogP contribution >= 0.6 is 0 Å². The van der Waals surface area contributed by atoms with Crippen molar-refractivity contribution in [1.29, 1.82) is 0 Å². The lowest BCUT2D eigenvalue weighted by atomic mass is 10.0. The fourth-order valence-corrected chi connectivity index (χ4v) is 4.04. The van der Waals surface area contributed by atoms with Crippen molar-refractivity contribution in [2.24, 2.45) is 0 Å². The molecule has 3 aromatic rings. The maximum Gasteiger partial charge on any atom is 0.178 e. The van der Waals surface area contributed by atoms with Crippen molar-refractivity contribution >= 4 is 0 Å². The first-order valence-corrected chi connectivity index (χ1v) is 12.7. The molecule has 2 aromatic heterocycles. The Morgan fingerprint density at radius 1 is 0.500 bits per heavy atom. The summed E-state index contributed by atoms with van der Waals surface area (Å²) in [6, 6.07) is 13.1. The van der Waals surface area contributed by atoms with Crippen LogP contribution in [0.2, 0.25) is 0 Å². The molecule has 0 bridgehead atoms. The Balaban J connectivity index is 1.50. The third-order valence-corrected chi connectivity index (χ3v) is 6.13. The summed E-state index contributed by atoms with van der Waals surface area (Å²) in [6.07, 6.45) is 21.2.